The third-order valence-electron chi connectivity index (χ3n) is 7.46. The summed E-state index contributed by atoms with van der Waals surface area (Å²) in [5, 5.41) is 6.86. The zero-order chi connectivity index (χ0) is 27.7. The van der Waals surface area contributed by atoms with Crippen LogP contribution in [-0.2, 0) is 23.7 Å². The minimum Gasteiger partial charge on any atom is -0.440 e. The molecule has 10 heteroatoms. The molecule has 0 bridgehead atoms. The van der Waals surface area contributed by atoms with Gasteiger partial charge in [-0.2, -0.15) is 0 Å². The molecule has 1 amide bonds. The number of halogens is 1. The fourth-order valence-corrected chi connectivity index (χ4v) is 5.70. The van der Waals surface area contributed by atoms with Crippen molar-refractivity contribution < 1.29 is 28.5 Å². The van der Waals surface area contributed by atoms with Crippen LogP contribution in [-0.4, -0.2) is 86.8 Å². The maximum Gasteiger partial charge on any atom is 0.412 e. The Bertz CT molecular complexity index is 898. The molecule has 220 valence electrons. The van der Waals surface area contributed by atoms with Crippen molar-refractivity contribution in [2.75, 3.05) is 51.3 Å². The number of nitrogens with one attached hydrogen (secondary N) is 2. The van der Waals surface area contributed by atoms with Crippen molar-refractivity contribution >= 4 is 23.4 Å². The lowest BCUT2D eigenvalue weighted by Crippen LogP contribution is -2.46. The molecule has 3 aliphatic rings. The molecular weight excluding hydrogens is 522 g/mol. The SMILES string of the molecule is CCCCCCCOC[C@@]12O[C@@H](CNCCN3CCCC3)[C@@H](OC(=O)Nc3ccc(Cl)cc3)[C@@H]1OC(C)(C)O2. The highest BCUT2D eigenvalue weighted by atomic mass is 35.5. The molecule has 0 spiro atoms. The number of carbonyl (C=O) groups excluding carboxylic acids is 1. The number of fused-ring (bicyclic) bond motifs is 1. The van der Waals surface area contributed by atoms with Gasteiger partial charge in [0.25, 0.3) is 0 Å². The molecule has 4 rings (SSSR count). The number of ether oxygens (including phenoxy) is 5. The molecule has 0 unspecified atom stereocenters. The van der Waals surface area contributed by atoms with Crippen LogP contribution in [0.1, 0.15) is 65.7 Å². The Balaban J connectivity index is 1.39. The maximum absolute atomic E-state index is 13.0. The molecule has 3 heterocycles. The lowest BCUT2D eigenvalue weighted by molar-refractivity contribution is -0.277. The van der Waals surface area contributed by atoms with E-state index in [0.29, 0.717) is 23.9 Å². The van der Waals surface area contributed by atoms with Crippen molar-refractivity contribution in [2.45, 2.75) is 95.6 Å². The van der Waals surface area contributed by atoms with Gasteiger partial charge in [-0.1, -0.05) is 44.2 Å². The molecule has 0 aromatic heterocycles. The van der Waals surface area contributed by atoms with Gasteiger partial charge in [0.2, 0.25) is 5.79 Å². The predicted octanol–water partition coefficient (Wildman–Crippen LogP) is 5.18. The summed E-state index contributed by atoms with van der Waals surface area (Å²) < 4.78 is 31.2. The van der Waals surface area contributed by atoms with Gasteiger partial charge in [-0.15, -0.1) is 0 Å². The highest BCUT2D eigenvalue weighted by molar-refractivity contribution is 6.30. The van der Waals surface area contributed by atoms with Crippen molar-refractivity contribution in [1.29, 1.82) is 0 Å². The Morgan fingerprint density at radius 2 is 1.85 bits per heavy atom. The Labute approximate surface area is 238 Å². The summed E-state index contributed by atoms with van der Waals surface area (Å²) in [6.07, 6.45) is 5.92. The summed E-state index contributed by atoms with van der Waals surface area (Å²) in [6.45, 7) is 11.3. The monoisotopic (exact) mass is 567 g/mol. The largest absolute Gasteiger partial charge is 0.440 e. The van der Waals surface area contributed by atoms with Crippen LogP contribution in [0.5, 0.6) is 0 Å². The second-order valence-corrected chi connectivity index (χ2v) is 11.7. The summed E-state index contributed by atoms with van der Waals surface area (Å²) >= 11 is 5.98. The van der Waals surface area contributed by atoms with Crippen LogP contribution >= 0.6 is 11.6 Å². The van der Waals surface area contributed by atoms with E-state index >= 15 is 0 Å². The molecule has 0 aliphatic carbocycles. The van der Waals surface area contributed by atoms with Gasteiger partial charge in [0.1, 0.15) is 12.7 Å². The van der Waals surface area contributed by atoms with E-state index in [-0.39, 0.29) is 6.61 Å². The number of hydrogen-bond acceptors (Lipinski definition) is 8. The number of carbonyl (C=O) groups is 1. The first-order valence-electron chi connectivity index (χ1n) is 14.6. The minimum absolute atomic E-state index is 0.206. The Kier molecular flexibility index (Phi) is 11.3. The number of rotatable bonds is 15. The quantitative estimate of drug-likeness (QED) is 0.280. The molecule has 3 fully saturated rings. The van der Waals surface area contributed by atoms with Crippen molar-refractivity contribution in [3.63, 3.8) is 0 Å². The maximum atomic E-state index is 13.0. The summed E-state index contributed by atoms with van der Waals surface area (Å²) in [7, 11) is 0. The second kappa shape index (κ2) is 14.4. The number of benzene rings is 1. The molecule has 39 heavy (non-hydrogen) atoms. The molecular formula is C29H46ClN3O6. The van der Waals surface area contributed by atoms with Crippen LogP contribution in [0.15, 0.2) is 24.3 Å². The first kappa shape index (κ1) is 30.5. The first-order valence-corrected chi connectivity index (χ1v) is 15.0. The normalized spacial score (nSPS) is 28.1. The van der Waals surface area contributed by atoms with Gasteiger partial charge < -0.3 is 33.9 Å². The summed E-state index contributed by atoms with van der Waals surface area (Å²) in [6, 6.07) is 6.88. The highest BCUT2D eigenvalue weighted by Gasteiger charge is 2.66. The van der Waals surface area contributed by atoms with Gasteiger partial charge >= 0.3 is 6.09 Å². The molecule has 0 radical (unpaired) electrons. The smallest absolute Gasteiger partial charge is 0.412 e. The van der Waals surface area contributed by atoms with Crippen LogP contribution < -0.4 is 10.6 Å². The third-order valence-corrected chi connectivity index (χ3v) is 7.71. The van der Waals surface area contributed by atoms with Gasteiger partial charge in [-0.25, -0.2) is 4.79 Å². The number of anilines is 1. The zero-order valence-corrected chi connectivity index (χ0v) is 24.5. The zero-order valence-electron chi connectivity index (χ0n) is 23.7. The average molecular weight is 568 g/mol. The Morgan fingerprint density at radius 3 is 2.59 bits per heavy atom. The van der Waals surface area contributed by atoms with E-state index in [1.807, 2.05) is 13.8 Å². The molecule has 0 saturated carbocycles. The van der Waals surface area contributed by atoms with Gasteiger partial charge in [0.15, 0.2) is 18.0 Å². The fourth-order valence-electron chi connectivity index (χ4n) is 5.58. The molecule has 1 aromatic rings. The van der Waals surface area contributed by atoms with Crippen LogP contribution in [0.2, 0.25) is 5.02 Å². The predicted molar refractivity (Wildman–Crippen MR) is 151 cm³/mol. The molecule has 2 N–H and O–H groups in total. The number of nitrogens with zero attached hydrogens (tertiary/aromatic N) is 1. The summed E-state index contributed by atoms with van der Waals surface area (Å²) in [4.78, 5) is 15.4. The van der Waals surface area contributed by atoms with Gasteiger partial charge in [0, 0.05) is 37.0 Å². The van der Waals surface area contributed by atoms with E-state index in [1.54, 1.807) is 24.3 Å². The highest BCUT2D eigenvalue weighted by Crippen LogP contribution is 2.46. The standard InChI is InChI=1S/C29H46ClN3O6/c1-4-5-6-7-10-19-35-21-29-26(38-28(2,3)39-29)25(36-27(34)32-23-13-11-22(30)12-14-23)24(37-29)20-31-15-18-33-16-8-9-17-33/h11-14,24-26,31H,4-10,15-21H2,1-3H3,(H,32,34)/t24-,25+,26-,29-/m0/s1. The third kappa shape index (κ3) is 8.76. The second-order valence-electron chi connectivity index (χ2n) is 11.2. The van der Waals surface area contributed by atoms with Crippen molar-refractivity contribution in [3.05, 3.63) is 29.3 Å². The molecule has 3 saturated heterocycles. The van der Waals surface area contributed by atoms with Crippen LogP contribution in [0, 0.1) is 0 Å². The average Bonchev–Trinajstić information content (AvgIpc) is 3.57. The van der Waals surface area contributed by atoms with Crippen molar-refractivity contribution in [2.24, 2.45) is 0 Å². The molecule has 9 nitrogen and oxygen atoms in total. The summed E-state index contributed by atoms with van der Waals surface area (Å²) in [5.41, 5.74) is 0.588. The van der Waals surface area contributed by atoms with Gasteiger partial charge in [-0.3, -0.25) is 5.32 Å². The van der Waals surface area contributed by atoms with Gasteiger partial charge in [0.05, 0.1) is 0 Å². The number of hydrogen-bond donors (Lipinski definition) is 2. The molecule has 3 aliphatic heterocycles. The van der Waals surface area contributed by atoms with Crippen molar-refractivity contribution in [1.82, 2.24) is 10.2 Å². The van der Waals surface area contributed by atoms with Crippen molar-refractivity contribution in [3.8, 4) is 0 Å². The van der Waals surface area contributed by atoms with E-state index in [2.05, 4.69) is 22.5 Å². The topological polar surface area (TPSA) is 90.5 Å². The van der Waals surface area contributed by atoms with E-state index in [0.717, 1.165) is 39.0 Å². The Hall–Kier alpha value is -1.46. The number of amides is 1. The number of unbranched alkanes of at least 4 members (excludes halogenated alkanes) is 4. The Morgan fingerprint density at radius 1 is 1.10 bits per heavy atom. The van der Waals surface area contributed by atoms with E-state index in [9.17, 15) is 4.79 Å². The van der Waals surface area contributed by atoms with Gasteiger partial charge in [-0.05, 0) is 70.5 Å². The lowest BCUT2D eigenvalue weighted by atomic mass is 10.1. The molecule has 1 aromatic carbocycles. The minimum atomic E-state index is -1.15. The lowest BCUT2D eigenvalue weighted by Gasteiger charge is -2.29. The van der Waals surface area contributed by atoms with Crippen LogP contribution in [0.25, 0.3) is 0 Å². The van der Waals surface area contributed by atoms with Crippen LogP contribution in [0.4, 0.5) is 10.5 Å². The van der Waals surface area contributed by atoms with Crippen LogP contribution in [0.3, 0.4) is 0 Å². The fraction of sp³-hybridized carbons (Fsp3) is 0.759. The van der Waals surface area contributed by atoms with E-state index < -0.39 is 36.0 Å². The van der Waals surface area contributed by atoms with E-state index in [1.165, 1.54) is 32.1 Å². The first-order chi connectivity index (χ1) is 18.8. The summed E-state index contributed by atoms with van der Waals surface area (Å²) in [5.74, 6) is -2.06. The number of likely N-dealkylation sites (tertiary alicyclic amines) is 1. The molecule has 4 atom stereocenters. The van der Waals surface area contributed by atoms with E-state index in [4.69, 9.17) is 35.3 Å².